The highest BCUT2D eigenvalue weighted by Crippen LogP contribution is 2.50. The summed E-state index contributed by atoms with van der Waals surface area (Å²) in [5.41, 5.74) is 1.94. The zero-order chi connectivity index (χ0) is 22.1. The van der Waals surface area contributed by atoms with Crippen LogP contribution in [0.5, 0.6) is 0 Å². The Bertz CT molecular complexity index is 1040. The molecule has 6 heteroatoms. The Morgan fingerprint density at radius 1 is 1.12 bits per heavy atom. The molecule has 0 N–H and O–H groups in total. The summed E-state index contributed by atoms with van der Waals surface area (Å²) in [4.78, 5) is 18.6. The molecule has 168 valence electrons. The van der Waals surface area contributed by atoms with E-state index in [0.717, 1.165) is 44.8 Å². The minimum absolute atomic E-state index is 0.119. The molecule has 0 unspecified atom stereocenters. The number of piperidine rings is 1. The van der Waals surface area contributed by atoms with Gasteiger partial charge >= 0.3 is 0 Å². The van der Waals surface area contributed by atoms with Gasteiger partial charge in [-0.1, -0.05) is 30.3 Å². The molecular formula is C26H32N4O2. The Balaban J connectivity index is 1.48. The maximum atomic E-state index is 14.1. The van der Waals surface area contributed by atoms with Crippen molar-refractivity contribution in [3.63, 3.8) is 0 Å². The number of nitrogens with zero attached hydrogens (tertiary/aromatic N) is 4. The van der Waals surface area contributed by atoms with Gasteiger partial charge in [-0.25, -0.2) is 0 Å². The molecule has 1 aromatic carbocycles. The smallest absolute Gasteiger partial charge is 0.231 e. The number of benzene rings is 1. The molecule has 0 aliphatic carbocycles. The van der Waals surface area contributed by atoms with Crippen molar-refractivity contribution in [1.29, 1.82) is 0 Å². The van der Waals surface area contributed by atoms with Crippen LogP contribution >= 0.6 is 0 Å². The predicted molar refractivity (Wildman–Crippen MR) is 123 cm³/mol. The molecule has 2 aliphatic heterocycles. The summed E-state index contributed by atoms with van der Waals surface area (Å²) < 4.78 is 7.73. The first-order valence-electron chi connectivity index (χ1n) is 11.7. The minimum atomic E-state index is -0.424. The third-order valence-corrected chi connectivity index (χ3v) is 7.10. The van der Waals surface area contributed by atoms with Crippen LogP contribution in [0.4, 0.5) is 0 Å². The molecule has 1 amide bonds. The van der Waals surface area contributed by atoms with Crippen LogP contribution in [-0.4, -0.2) is 45.1 Å². The maximum Gasteiger partial charge on any atom is 0.231 e. The molecule has 32 heavy (non-hydrogen) atoms. The SMILES string of the molecule is CC(C)n1nccc1[C@@H]1CN(Cc2ccco2)C[C@]12CCCN(Cc1ccccc1)C2=O. The minimum Gasteiger partial charge on any atom is -0.468 e. The lowest BCUT2D eigenvalue weighted by Crippen LogP contribution is -2.52. The van der Waals surface area contributed by atoms with Gasteiger partial charge in [0.15, 0.2) is 0 Å². The number of carbonyl (C=O) groups is 1. The Kier molecular flexibility index (Phi) is 5.64. The van der Waals surface area contributed by atoms with E-state index in [1.54, 1.807) is 6.26 Å². The van der Waals surface area contributed by atoms with E-state index in [1.807, 2.05) is 36.5 Å². The lowest BCUT2D eigenvalue weighted by molar-refractivity contribution is -0.147. The van der Waals surface area contributed by atoms with E-state index < -0.39 is 5.41 Å². The summed E-state index contributed by atoms with van der Waals surface area (Å²) in [5.74, 6) is 1.35. The molecule has 5 rings (SSSR count). The van der Waals surface area contributed by atoms with Gasteiger partial charge in [-0.15, -0.1) is 0 Å². The first-order chi connectivity index (χ1) is 15.6. The molecular weight excluding hydrogens is 400 g/mol. The molecule has 3 aromatic rings. The summed E-state index contributed by atoms with van der Waals surface area (Å²) in [7, 11) is 0. The van der Waals surface area contributed by atoms with Gasteiger partial charge in [0.1, 0.15) is 5.76 Å². The van der Waals surface area contributed by atoms with Crippen LogP contribution in [0.15, 0.2) is 65.4 Å². The number of carbonyl (C=O) groups excluding carboxylic acids is 1. The van der Waals surface area contributed by atoms with Gasteiger partial charge in [0, 0.05) is 50.0 Å². The molecule has 4 heterocycles. The standard InChI is InChI=1S/C26H32N4O2/c1-20(2)30-24(11-13-27-30)23-18-28(17-22-10-6-15-32-22)19-26(23)12-7-14-29(25(26)31)16-21-8-4-3-5-9-21/h3-6,8-11,13,15,20,23H,7,12,14,16-19H2,1-2H3/t23-,26+/m0/s1. The number of amides is 1. The number of likely N-dealkylation sites (tertiary alicyclic amines) is 2. The van der Waals surface area contributed by atoms with Crippen molar-refractivity contribution in [2.24, 2.45) is 5.41 Å². The highest BCUT2D eigenvalue weighted by atomic mass is 16.3. The average Bonchev–Trinajstić information content (AvgIpc) is 3.53. The van der Waals surface area contributed by atoms with Crippen LogP contribution in [0.2, 0.25) is 0 Å². The van der Waals surface area contributed by atoms with Crippen LogP contribution in [0, 0.1) is 5.41 Å². The summed E-state index contributed by atoms with van der Waals surface area (Å²) in [6.45, 7) is 8.13. The zero-order valence-corrected chi connectivity index (χ0v) is 19.0. The van der Waals surface area contributed by atoms with Crippen molar-refractivity contribution in [3.8, 4) is 0 Å². The van der Waals surface area contributed by atoms with Crippen LogP contribution in [-0.2, 0) is 17.9 Å². The number of hydrogen-bond acceptors (Lipinski definition) is 4. The number of hydrogen-bond donors (Lipinski definition) is 0. The Morgan fingerprint density at radius 2 is 1.97 bits per heavy atom. The Labute approximate surface area is 189 Å². The zero-order valence-electron chi connectivity index (χ0n) is 19.0. The van der Waals surface area contributed by atoms with Gasteiger partial charge in [0.05, 0.1) is 18.2 Å². The number of aromatic nitrogens is 2. The highest BCUT2D eigenvalue weighted by Gasteiger charge is 2.56. The van der Waals surface area contributed by atoms with Crippen molar-refractivity contribution < 1.29 is 9.21 Å². The summed E-state index contributed by atoms with van der Waals surface area (Å²) in [6, 6.07) is 16.7. The van der Waals surface area contributed by atoms with Crippen molar-refractivity contribution >= 4 is 5.91 Å². The molecule has 2 aromatic heterocycles. The van der Waals surface area contributed by atoms with Gasteiger partial charge in [-0.05, 0) is 50.5 Å². The second-order valence-electron chi connectivity index (χ2n) is 9.57. The second kappa shape index (κ2) is 8.58. The summed E-state index contributed by atoms with van der Waals surface area (Å²) in [5, 5.41) is 4.61. The van der Waals surface area contributed by atoms with Gasteiger partial charge in [0.25, 0.3) is 0 Å². The maximum absolute atomic E-state index is 14.1. The van der Waals surface area contributed by atoms with E-state index in [1.165, 1.54) is 11.3 Å². The van der Waals surface area contributed by atoms with Gasteiger partial charge in [-0.3, -0.25) is 14.4 Å². The van der Waals surface area contributed by atoms with Gasteiger partial charge in [0.2, 0.25) is 5.91 Å². The molecule has 6 nitrogen and oxygen atoms in total. The van der Waals surface area contributed by atoms with Gasteiger partial charge < -0.3 is 9.32 Å². The topological polar surface area (TPSA) is 54.5 Å². The van der Waals surface area contributed by atoms with E-state index in [4.69, 9.17) is 4.42 Å². The van der Waals surface area contributed by atoms with Crippen LogP contribution < -0.4 is 0 Å². The molecule has 1 spiro atoms. The van der Waals surface area contributed by atoms with E-state index in [0.29, 0.717) is 6.54 Å². The third-order valence-electron chi connectivity index (χ3n) is 7.10. The summed E-state index contributed by atoms with van der Waals surface area (Å²) >= 11 is 0. The largest absolute Gasteiger partial charge is 0.468 e. The quantitative estimate of drug-likeness (QED) is 0.577. The monoisotopic (exact) mass is 432 g/mol. The van der Waals surface area contributed by atoms with Crippen molar-refractivity contribution in [3.05, 3.63) is 78.0 Å². The lowest BCUT2D eigenvalue weighted by atomic mass is 9.70. The fraction of sp³-hybridized carbons (Fsp3) is 0.462. The van der Waals surface area contributed by atoms with E-state index in [9.17, 15) is 4.79 Å². The third kappa shape index (κ3) is 3.77. The van der Waals surface area contributed by atoms with E-state index in [2.05, 4.69) is 51.6 Å². The molecule has 0 radical (unpaired) electrons. The van der Waals surface area contributed by atoms with Crippen LogP contribution in [0.1, 0.15) is 55.7 Å². The molecule has 0 saturated carbocycles. The van der Waals surface area contributed by atoms with Crippen molar-refractivity contribution in [2.75, 3.05) is 19.6 Å². The van der Waals surface area contributed by atoms with Gasteiger partial charge in [-0.2, -0.15) is 5.10 Å². The summed E-state index contributed by atoms with van der Waals surface area (Å²) in [6.07, 6.45) is 5.55. The first kappa shape index (κ1) is 21.0. The highest BCUT2D eigenvalue weighted by molar-refractivity contribution is 5.85. The first-order valence-corrected chi connectivity index (χ1v) is 11.7. The fourth-order valence-corrected chi connectivity index (χ4v) is 5.69. The number of furan rings is 1. The molecule has 2 aliphatic rings. The van der Waals surface area contributed by atoms with E-state index >= 15 is 0 Å². The molecule has 0 bridgehead atoms. The lowest BCUT2D eigenvalue weighted by Gasteiger charge is -2.43. The average molecular weight is 433 g/mol. The molecule has 2 fully saturated rings. The van der Waals surface area contributed by atoms with Crippen LogP contribution in [0.3, 0.4) is 0 Å². The van der Waals surface area contributed by atoms with Crippen molar-refractivity contribution in [2.45, 2.75) is 51.7 Å². The second-order valence-corrected chi connectivity index (χ2v) is 9.57. The molecule has 2 atom stereocenters. The fourth-order valence-electron chi connectivity index (χ4n) is 5.69. The predicted octanol–water partition coefficient (Wildman–Crippen LogP) is 4.47. The van der Waals surface area contributed by atoms with Crippen LogP contribution in [0.25, 0.3) is 0 Å². The number of rotatable bonds is 6. The Morgan fingerprint density at radius 3 is 2.72 bits per heavy atom. The molecule has 2 saturated heterocycles. The van der Waals surface area contributed by atoms with E-state index in [-0.39, 0.29) is 17.9 Å². The normalized spacial score (nSPS) is 24.2. The van der Waals surface area contributed by atoms with Crippen molar-refractivity contribution in [1.82, 2.24) is 19.6 Å². The Hall–Kier alpha value is -2.86.